The zero-order valence-corrected chi connectivity index (χ0v) is 16.2. The van der Waals surface area contributed by atoms with Crippen molar-refractivity contribution in [3.8, 4) is 0 Å². The Balaban J connectivity index is 1.59. The second-order valence-electron chi connectivity index (χ2n) is 7.00. The molecule has 1 aromatic heterocycles. The number of carbonyl (C=O) groups is 3. The Labute approximate surface area is 166 Å². The molecule has 0 N–H and O–H groups in total. The number of aryl methyl sites for hydroxylation is 3. The van der Waals surface area contributed by atoms with Crippen LogP contribution in [-0.4, -0.2) is 22.9 Å². The maximum Gasteiger partial charge on any atom is 0.338 e. The lowest BCUT2D eigenvalue weighted by molar-refractivity contribution is 0.0464. The average Bonchev–Trinajstić information content (AvgIpc) is 3.23. The quantitative estimate of drug-likeness (QED) is 0.498. The molecule has 0 atom stereocenters. The molecule has 0 radical (unpaired) electrons. The van der Waals surface area contributed by atoms with Crippen molar-refractivity contribution in [2.45, 2.75) is 27.4 Å². The number of amides is 2. The largest absolute Gasteiger partial charge is 0.455 e. The van der Waals surface area contributed by atoms with Gasteiger partial charge in [0.15, 0.2) is 0 Å². The van der Waals surface area contributed by atoms with Gasteiger partial charge in [-0.25, -0.2) is 9.69 Å². The number of fused-ring (bicyclic) bond motifs is 1. The lowest BCUT2D eigenvalue weighted by Gasteiger charge is -2.17. The number of imide groups is 1. The first kappa shape index (κ1) is 18.6. The van der Waals surface area contributed by atoms with Gasteiger partial charge in [0.1, 0.15) is 18.1 Å². The third-order valence-electron chi connectivity index (χ3n) is 4.76. The number of anilines is 1. The van der Waals surface area contributed by atoms with Crippen LogP contribution in [0.4, 0.5) is 5.69 Å². The summed E-state index contributed by atoms with van der Waals surface area (Å²) in [6.45, 7) is 5.43. The van der Waals surface area contributed by atoms with Gasteiger partial charge in [0.05, 0.1) is 22.4 Å². The maximum atomic E-state index is 13.0. The highest BCUT2D eigenvalue weighted by atomic mass is 16.5. The van der Waals surface area contributed by atoms with E-state index in [0.717, 1.165) is 16.0 Å². The number of esters is 1. The number of nitrogens with zero attached hydrogens (tertiary/aromatic N) is 2. The van der Waals surface area contributed by atoms with E-state index in [1.165, 1.54) is 18.2 Å². The molecule has 2 heterocycles. The van der Waals surface area contributed by atoms with Crippen molar-refractivity contribution in [3.63, 3.8) is 0 Å². The number of carbonyl (C=O) groups excluding carboxylic acids is 3. The van der Waals surface area contributed by atoms with Crippen LogP contribution in [0, 0.1) is 20.8 Å². The van der Waals surface area contributed by atoms with Gasteiger partial charge in [-0.3, -0.25) is 9.59 Å². The Bertz CT molecular complexity index is 1160. The standard InChI is InChI=1S/C22H18N2O5/c1-12-4-5-13(2)19(8-12)24-20(25)17-7-6-15(10-18(17)21(24)26)22(27)28-11-16-9-14(3)29-23-16/h4-10H,11H2,1-3H3. The molecule has 0 spiro atoms. The molecule has 0 fully saturated rings. The van der Waals surface area contributed by atoms with E-state index in [0.29, 0.717) is 17.1 Å². The lowest BCUT2D eigenvalue weighted by Crippen LogP contribution is -2.30. The summed E-state index contributed by atoms with van der Waals surface area (Å²) in [7, 11) is 0. The zero-order chi connectivity index (χ0) is 20.7. The Morgan fingerprint density at radius 1 is 1.00 bits per heavy atom. The molecule has 2 amide bonds. The molecule has 7 nitrogen and oxygen atoms in total. The van der Waals surface area contributed by atoms with Crippen molar-refractivity contribution < 1.29 is 23.6 Å². The summed E-state index contributed by atoms with van der Waals surface area (Å²) in [4.78, 5) is 39.3. The third-order valence-corrected chi connectivity index (χ3v) is 4.76. The number of hydrogen-bond donors (Lipinski definition) is 0. The van der Waals surface area contributed by atoms with Gasteiger partial charge in [-0.2, -0.15) is 0 Å². The van der Waals surface area contributed by atoms with Gasteiger partial charge in [0, 0.05) is 6.07 Å². The molecule has 0 unspecified atom stereocenters. The minimum absolute atomic E-state index is 0.0469. The van der Waals surface area contributed by atoms with Crippen molar-refractivity contribution in [1.82, 2.24) is 5.16 Å². The highest BCUT2D eigenvalue weighted by Crippen LogP contribution is 2.31. The highest BCUT2D eigenvalue weighted by Gasteiger charge is 2.38. The first-order chi connectivity index (χ1) is 13.8. The van der Waals surface area contributed by atoms with Crippen LogP contribution in [0.1, 0.15) is 53.7 Å². The van der Waals surface area contributed by atoms with Crippen molar-refractivity contribution >= 4 is 23.5 Å². The van der Waals surface area contributed by atoms with E-state index in [9.17, 15) is 14.4 Å². The van der Waals surface area contributed by atoms with Crippen LogP contribution >= 0.6 is 0 Å². The summed E-state index contributed by atoms with van der Waals surface area (Å²) in [5.41, 5.74) is 3.42. The average molecular weight is 390 g/mol. The van der Waals surface area contributed by atoms with Gasteiger partial charge in [-0.15, -0.1) is 0 Å². The smallest absolute Gasteiger partial charge is 0.338 e. The SMILES string of the molecule is Cc1ccc(C)c(N2C(=O)c3ccc(C(=O)OCc4cc(C)on4)cc3C2=O)c1. The molecule has 0 bridgehead atoms. The molecule has 29 heavy (non-hydrogen) atoms. The lowest BCUT2D eigenvalue weighted by atomic mass is 10.1. The number of ether oxygens (including phenoxy) is 1. The summed E-state index contributed by atoms with van der Waals surface area (Å²) >= 11 is 0. The molecular formula is C22H18N2O5. The molecule has 3 aromatic rings. The van der Waals surface area contributed by atoms with E-state index >= 15 is 0 Å². The van der Waals surface area contributed by atoms with Crippen LogP contribution in [0.25, 0.3) is 0 Å². The molecular weight excluding hydrogens is 372 g/mol. The topological polar surface area (TPSA) is 89.7 Å². The van der Waals surface area contributed by atoms with Crippen LogP contribution in [-0.2, 0) is 11.3 Å². The molecule has 7 heteroatoms. The van der Waals surface area contributed by atoms with E-state index in [4.69, 9.17) is 9.26 Å². The predicted molar refractivity (Wildman–Crippen MR) is 104 cm³/mol. The fourth-order valence-electron chi connectivity index (χ4n) is 3.26. The Hall–Kier alpha value is -3.74. The van der Waals surface area contributed by atoms with E-state index in [-0.39, 0.29) is 23.3 Å². The van der Waals surface area contributed by atoms with Crippen molar-refractivity contribution in [2.24, 2.45) is 0 Å². The summed E-state index contributed by atoms with van der Waals surface area (Å²) < 4.78 is 10.2. The first-order valence-electron chi connectivity index (χ1n) is 9.04. The summed E-state index contributed by atoms with van der Waals surface area (Å²) in [5.74, 6) is -0.861. The Kier molecular flexibility index (Phi) is 4.50. The molecule has 4 rings (SSSR count). The van der Waals surface area contributed by atoms with Crippen molar-refractivity contribution in [2.75, 3.05) is 4.90 Å². The molecule has 0 saturated heterocycles. The van der Waals surface area contributed by atoms with Gasteiger partial charge < -0.3 is 9.26 Å². The van der Waals surface area contributed by atoms with Crippen molar-refractivity contribution in [1.29, 1.82) is 0 Å². The minimum Gasteiger partial charge on any atom is -0.455 e. The molecule has 1 aliphatic heterocycles. The van der Waals surface area contributed by atoms with Crippen LogP contribution in [0.15, 0.2) is 47.0 Å². The van der Waals surface area contributed by atoms with E-state index in [2.05, 4.69) is 5.16 Å². The Morgan fingerprint density at radius 2 is 1.76 bits per heavy atom. The van der Waals surface area contributed by atoms with Crippen LogP contribution in [0.5, 0.6) is 0 Å². The minimum atomic E-state index is -0.612. The summed E-state index contributed by atoms with van der Waals surface area (Å²) in [6, 6.07) is 11.6. The van der Waals surface area contributed by atoms with Gasteiger partial charge >= 0.3 is 5.97 Å². The molecule has 0 saturated carbocycles. The second kappa shape index (κ2) is 7.01. The predicted octanol–water partition coefficient (Wildman–Crippen LogP) is 3.76. The second-order valence-corrected chi connectivity index (χ2v) is 7.00. The third kappa shape index (κ3) is 3.31. The number of benzene rings is 2. The fraction of sp³-hybridized carbons (Fsp3) is 0.182. The maximum absolute atomic E-state index is 13.0. The van der Waals surface area contributed by atoms with E-state index < -0.39 is 17.8 Å². The fourth-order valence-corrected chi connectivity index (χ4v) is 3.26. The summed E-state index contributed by atoms with van der Waals surface area (Å²) in [6.07, 6.45) is 0. The van der Waals surface area contributed by atoms with Crippen molar-refractivity contribution in [3.05, 3.63) is 81.7 Å². The highest BCUT2D eigenvalue weighted by molar-refractivity contribution is 6.35. The monoisotopic (exact) mass is 390 g/mol. The number of hydrogen-bond acceptors (Lipinski definition) is 6. The van der Waals surface area contributed by atoms with E-state index in [1.54, 1.807) is 19.1 Å². The van der Waals surface area contributed by atoms with Crippen LogP contribution < -0.4 is 4.90 Å². The van der Waals surface area contributed by atoms with Crippen LogP contribution in [0.2, 0.25) is 0 Å². The summed E-state index contributed by atoms with van der Waals surface area (Å²) in [5, 5.41) is 3.76. The van der Waals surface area contributed by atoms with Gasteiger partial charge in [-0.05, 0) is 56.2 Å². The van der Waals surface area contributed by atoms with E-state index in [1.807, 2.05) is 26.0 Å². The Morgan fingerprint density at radius 3 is 2.48 bits per heavy atom. The first-order valence-corrected chi connectivity index (χ1v) is 9.04. The van der Waals surface area contributed by atoms with Gasteiger partial charge in [0.2, 0.25) is 0 Å². The normalized spacial score (nSPS) is 13.0. The van der Waals surface area contributed by atoms with Crippen LogP contribution in [0.3, 0.4) is 0 Å². The van der Waals surface area contributed by atoms with Gasteiger partial charge in [-0.1, -0.05) is 17.3 Å². The number of rotatable bonds is 4. The molecule has 2 aromatic carbocycles. The zero-order valence-electron chi connectivity index (χ0n) is 16.2. The molecule has 0 aliphatic carbocycles. The number of aromatic nitrogens is 1. The molecule has 1 aliphatic rings. The molecule has 146 valence electrons. The van der Waals surface area contributed by atoms with Gasteiger partial charge in [0.25, 0.3) is 11.8 Å².